The van der Waals surface area contributed by atoms with Crippen LogP contribution in [0.15, 0.2) is 36.9 Å². The SMILES string of the molecule is C=CC(O)c1ccccc1C(F)(F)F. The van der Waals surface area contributed by atoms with Gasteiger partial charge in [-0.15, -0.1) is 6.58 Å². The van der Waals surface area contributed by atoms with E-state index < -0.39 is 17.8 Å². The molecule has 0 aliphatic carbocycles. The van der Waals surface area contributed by atoms with Crippen LogP contribution in [-0.2, 0) is 6.18 Å². The Morgan fingerprint density at radius 1 is 1.29 bits per heavy atom. The van der Waals surface area contributed by atoms with Crippen LogP contribution in [0, 0.1) is 0 Å². The zero-order valence-corrected chi connectivity index (χ0v) is 7.25. The minimum atomic E-state index is -4.44. The predicted molar refractivity (Wildman–Crippen MR) is 46.6 cm³/mol. The maximum Gasteiger partial charge on any atom is 0.416 e. The molecule has 1 nitrogen and oxygen atoms in total. The molecule has 1 unspecified atom stereocenters. The van der Waals surface area contributed by atoms with Crippen molar-refractivity contribution >= 4 is 0 Å². The largest absolute Gasteiger partial charge is 0.416 e. The van der Waals surface area contributed by atoms with Crippen molar-refractivity contribution in [1.29, 1.82) is 0 Å². The maximum atomic E-state index is 12.4. The third kappa shape index (κ3) is 2.14. The van der Waals surface area contributed by atoms with Crippen LogP contribution in [0.2, 0.25) is 0 Å². The summed E-state index contributed by atoms with van der Waals surface area (Å²) in [4.78, 5) is 0. The highest BCUT2D eigenvalue weighted by Gasteiger charge is 2.33. The molecule has 1 aromatic rings. The van der Waals surface area contributed by atoms with Gasteiger partial charge in [0.05, 0.1) is 11.7 Å². The van der Waals surface area contributed by atoms with Crippen LogP contribution in [0.5, 0.6) is 0 Å². The van der Waals surface area contributed by atoms with Gasteiger partial charge in [0.1, 0.15) is 0 Å². The molecule has 1 atom stereocenters. The number of halogens is 3. The van der Waals surface area contributed by atoms with Crippen LogP contribution in [0.1, 0.15) is 17.2 Å². The van der Waals surface area contributed by atoms with E-state index in [0.717, 1.165) is 12.1 Å². The van der Waals surface area contributed by atoms with Gasteiger partial charge in [0, 0.05) is 0 Å². The average Bonchev–Trinajstić information content (AvgIpc) is 2.15. The minimum absolute atomic E-state index is 0.171. The summed E-state index contributed by atoms with van der Waals surface area (Å²) in [6.45, 7) is 3.24. The fourth-order valence-corrected chi connectivity index (χ4v) is 1.14. The van der Waals surface area contributed by atoms with Gasteiger partial charge < -0.3 is 5.11 Å². The van der Waals surface area contributed by atoms with E-state index in [1.165, 1.54) is 18.2 Å². The van der Waals surface area contributed by atoms with Gasteiger partial charge in [0.25, 0.3) is 0 Å². The molecule has 0 heterocycles. The second kappa shape index (κ2) is 3.84. The zero-order valence-electron chi connectivity index (χ0n) is 7.25. The van der Waals surface area contributed by atoms with E-state index in [9.17, 15) is 18.3 Å². The van der Waals surface area contributed by atoms with Gasteiger partial charge in [-0.3, -0.25) is 0 Å². The lowest BCUT2D eigenvalue weighted by molar-refractivity contribution is -0.138. The number of rotatable bonds is 2. The average molecular weight is 202 g/mol. The van der Waals surface area contributed by atoms with Crippen LogP contribution in [0.25, 0.3) is 0 Å². The van der Waals surface area contributed by atoms with Crippen molar-refractivity contribution in [3.05, 3.63) is 48.0 Å². The van der Waals surface area contributed by atoms with Crippen molar-refractivity contribution in [2.45, 2.75) is 12.3 Å². The van der Waals surface area contributed by atoms with E-state index in [2.05, 4.69) is 6.58 Å². The molecule has 4 heteroatoms. The quantitative estimate of drug-likeness (QED) is 0.731. The third-order valence-corrected chi connectivity index (χ3v) is 1.81. The van der Waals surface area contributed by atoms with Gasteiger partial charge in [-0.05, 0) is 11.6 Å². The lowest BCUT2D eigenvalue weighted by Gasteiger charge is -2.14. The first-order valence-corrected chi connectivity index (χ1v) is 3.93. The van der Waals surface area contributed by atoms with E-state index >= 15 is 0 Å². The summed E-state index contributed by atoms with van der Waals surface area (Å²) in [6.07, 6.45) is -4.67. The Morgan fingerprint density at radius 2 is 1.86 bits per heavy atom. The van der Waals surface area contributed by atoms with Crippen molar-refractivity contribution in [2.24, 2.45) is 0 Å². The van der Waals surface area contributed by atoms with E-state index in [4.69, 9.17) is 0 Å². The molecule has 0 aromatic heterocycles. The summed E-state index contributed by atoms with van der Waals surface area (Å²) in [5, 5.41) is 9.26. The van der Waals surface area contributed by atoms with E-state index in [1.807, 2.05) is 0 Å². The molecule has 14 heavy (non-hydrogen) atoms. The Hall–Kier alpha value is -1.29. The summed E-state index contributed by atoms with van der Waals surface area (Å²) >= 11 is 0. The Labute approximate surface area is 79.5 Å². The molecule has 1 rings (SSSR count). The molecule has 1 N–H and O–H groups in total. The number of alkyl halides is 3. The minimum Gasteiger partial charge on any atom is -0.384 e. The Bertz CT molecular complexity index is 330. The summed E-state index contributed by atoms with van der Waals surface area (Å²) in [7, 11) is 0. The highest BCUT2D eigenvalue weighted by molar-refractivity contribution is 5.33. The van der Waals surface area contributed by atoms with E-state index in [1.54, 1.807) is 0 Å². The number of benzene rings is 1. The highest BCUT2D eigenvalue weighted by atomic mass is 19.4. The van der Waals surface area contributed by atoms with E-state index in [-0.39, 0.29) is 5.56 Å². The lowest BCUT2D eigenvalue weighted by Crippen LogP contribution is -2.10. The number of aliphatic hydroxyl groups is 1. The molecule has 1 aromatic carbocycles. The molecule has 0 radical (unpaired) electrons. The molecular formula is C10H9F3O. The summed E-state index contributed by atoms with van der Waals surface area (Å²) in [5.41, 5.74) is -0.998. The van der Waals surface area contributed by atoms with Crippen LogP contribution in [0.4, 0.5) is 13.2 Å². The first kappa shape index (κ1) is 10.8. The first-order valence-electron chi connectivity index (χ1n) is 3.93. The van der Waals surface area contributed by atoms with Crippen molar-refractivity contribution in [3.63, 3.8) is 0 Å². The molecular weight excluding hydrogens is 193 g/mol. The van der Waals surface area contributed by atoms with Gasteiger partial charge in [-0.2, -0.15) is 13.2 Å². The molecule has 0 bridgehead atoms. The maximum absolute atomic E-state index is 12.4. The molecule has 0 saturated heterocycles. The van der Waals surface area contributed by atoms with Gasteiger partial charge in [-0.25, -0.2) is 0 Å². The molecule has 0 amide bonds. The smallest absolute Gasteiger partial charge is 0.384 e. The van der Waals surface area contributed by atoms with Crippen molar-refractivity contribution in [1.82, 2.24) is 0 Å². The van der Waals surface area contributed by atoms with Crippen molar-refractivity contribution in [3.8, 4) is 0 Å². The van der Waals surface area contributed by atoms with Crippen LogP contribution in [-0.4, -0.2) is 5.11 Å². The van der Waals surface area contributed by atoms with Gasteiger partial charge in [-0.1, -0.05) is 24.3 Å². The Balaban J connectivity index is 3.22. The summed E-state index contributed by atoms with van der Waals surface area (Å²) in [5.74, 6) is 0. The van der Waals surface area contributed by atoms with Crippen LogP contribution >= 0.6 is 0 Å². The number of hydrogen-bond acceptors (Lipinski definition) is 1. The normalized spacial score (nSPS) is 13.7. The predicted octanol–water partition coefficient (Wildman–Crippen LogP) is 2.92. The third-order valence-electron chi connectivity index (χ3n) is 1.81. The summed E-state index contributed by atoms with van der Waals surface area (Å²) < 4.78 is 37.2. The number of hydrogen-bond donors (Lipinski definition) is 1. The first-order chi connectivity index (χ1) is 6.46. The summed E-state index contributed by atoms with van der Waals surface area (Å²) in [6, 6.07) is 4.89. The van der Waals surface area contributed by atoms with E-state index in [0.29, 0.717) is 0 Å². The molecule has 0 aliphatic heterocycles. The fraction of sp³-hybridized carbons (Fsp3) is 0.200. The monoisotopic (exact) mass is 202 g/mol. The van der Waals surface area contributed by atoms with Crippen LogP contribution in [0.3, 0.4) is 0 Å². The topological polar surface area (TPSA) is 20.2 Å². The molecule has 76 valence electrons. The Morgan fingerprint density at radius 3 is 2.36 bits per heavy atom. The molecule has 0 aliphatic rings. The fourth-order valence-electron chi connectivity index (χ4n) is 1.14. The number of aliphatic hydroxyl groups excluding tert-OH is 1. The molecule has 0 saturated carbocycles. The molecule has 0 fully saturated rings. The van der Waals surface area contributed by atoms with Crippen molar-refractivity contribution < 1.29 is 18.3 Å². The molecule has 0 spiro atoms. The second-order valence-electron chi connectivity index (χ2n) is 2.77. The zero-order chi connectivity index (χ0) is 10.8. The standard InChI is InChI=1S/C10H9F3O/c1-2-9(14)7-5-3-4-6-8(7)10(11,12)13/h2-6,9,14H,1H2. The lowest BCUT2D eigenvalue weighted by atomic mass is 10.0. The van der Waals surface area contributed by atoms with Gasteiger partial charge in [0.2, 0.25) is 0 Å². The second-order valence-corrected chi connectivity index (χ2v) is 2.77. The van der Waals surface area contributed by atoms with Gasteiger partial charge in [0.15, 0.2) is 0 Å². The highest BCUT2D eigenvalue weighted by Crippen LogP contribution is 2.34. The Kier molecular flexibility index (Phi) is 2.96. The van der Waals surface area contributed by atoms with Crippen LogP contribution < -0.4 is 0 Å². The van der Waals surface area contributed by atoms with Crippen molar-refractivity contribution in [2.75, 3.05) is 0 Å². The van der Waals surface area contributed by atoms with Gasteiger partial charge >= 0.3 is 6.18 Å².